The number of rotatable bonds is 4. The minimum atomic E-state index is -0.608. The average Bonchev–Trinajstić information content (AvgIpc) is 2.73. The lowest BCUT2D eigenvalue weighted by Crippen LogP contribution is -2.44. The first-order valence-corrected chi connectivity index (χ1v) is 10.5. The number of fused-ring (bicyclic) bond motifs is 1. The Balaban J connectivity index is 1.64. The smallest absolute Gasteiger partial charge is 0.268 e. The van der Waals surface area contributed by atoms with Gasteiger partial charge in [-0.05, 0) is 61.0 Å². The lowest BCUT2D eigenvalue weighted by Gasteiger charge is -2.33. The topological polar surface area (TPSA) is 58.6 Å². The van der Waals surface area contributed by atoms with E-state index in [1.54, 1.807) is 60.4 Å². The molecule has 3 aromatic rings. The van der Waals surface area contributed by atoms with Gasteiger partial charge in [0.2, 0.25) is 0 Å². The molecule has 0 fully saturated rings. The fraction of sp³-hybridized carbons (Fsp3) is 0.130. The summed E-state index contributed by atoms with van der Waals surface area (Å²) in [5.41, 5.74) is 2.52. The lowest BCUT2D eigenvalue weighted by atomic mass is 10.1. The zero-order valence-electron chi connectivity index (χ0n) is 16.1. The molecule has 3 aromatic carbocycles. The van der Waals surface area contributed by atoms with Gasteiger partial charge in [-0.2, -0.15) is 0 Å². The maximum atomic E-state index is 12.9. The monoisotopic (exact) mass is 484 g/mol. The second-order valence-corrected chi connectivity index (χ2v) is 8.24. The summed E-state index contributed by atoms with van der Waals surface area (Å²) in [6.45, 7) is 2.03. The summed E-state index contributed by atoms with van der Waals surface area (Å²) < 4.78 is 6.65. The Kier molecular flexibility index (Phi) is 5.79. The molecule has 5 nitrogen and oxygen atoms in total. The summed E-state index contributed by atoms with van der Waals surface area (Å²) in [7, 11) is 0. The van der Waals surface area contributed by atoms with E-state index in [1.807, 2.05) is 18.2 Å². The van der Waals surface area contributed by atoms with Crippen LogP contribution in [-0.2, 0) is 11.3 Å². The number of amides is 2. The summed E-state index contributed by atoms with van der Waals surface area (Å²) in [5.74, 6) is 0.172. The maximum absolute atomic E-state index is 12.9. The molecule has 152 valence electrons. The van der Waals surface area contributed by atoms with Crippen molar-refractivity contribution in [3.05, 3.63) is 87.4 Å². The highest BCUT2D eigenvalue weighted by Gasteiger charge is 2.32. The van der Waals surface area contributed by atoms with Gasteiger partial charge in [-0.3, -0.25) is 9.59 Å². The van der Waals surface area contributed by atoms with Gasteiger partial charge in [0, 0.05) is 20.7 Å². The molecule has 0 aromatic heterocycles. The van der Waals surface area contributed by atoms with Gasteiger partial charge in [0.25, 0.3) is 11.8 Å². The summed E-state index contributed by atoms with van der Waals surface area (Å²) in [6.07, 6.45) is -0.608. The Labute approximate surface area is 187 Å². The predicted molar refractivity (Wildman–Crippen MR) is 121 cm³/mol. The van der Waals surface area contributed by atoms with E-state index in [2.05, 4.69) is 21.2 Å². The normalized spacial score (nSPS) is 15.4. The van der Waals surface area contributed by atoms with Gasteiger partial charge < -0.3 is 15.0 Å². The summed E-state index contributed by atoms with van der Waals surface area (Å²) in [5, 5.41) is 3.46. The third kappa shape index (κ3) is 4.20. The summed E-state index contributed by atoms with van der Waals surface area (Å²) >= 11 is 9.66. The fourth-order valence-corrected chi connectivity index (χ4v) is 3.71. The van der Waals surface area contributed by atoms with Gasteiger partial charge in [0.1, 0.15) is 5.75 Å². The Morgan fingerprint density at radius 2 is 1.87 bits per heavy atom. The number of carbonyl (C=O) groups excluding carboxylic acids is 2. The number of benzene rings is 3. The van der Waals surface area contributed by atoms with E-state index >= 15 is 0 Å². The van der Waals surface area contributed by atoms with Crippen molar-refractivity contribution in [3.63, 3.8) is 0 Å². The summed E-state index contributed by atoms with van der Waals surface area (Å²) in [4.78, 5) is 27.1. The number of hydrogen-bond acceptors (Lipinski definition) is 3. The van der Waals surface area contributed by atoms with Crippen LogP contribution >= 0.6 is 27.5 Å². The van der Waals surface area contributed by atoms with Crippen molar-refractivity contribution in [2.45, 2.75) is 19.6 Å². The van der Waals surface area contributed by atoms with Gasteiger partial charge in [-0.15, -0.1) is 0 Å². The third-order valence-electron chi connectivity index (χ3n) is 4.82. The molecule has 4 rings (SSSR count). The molecule has 0 bridgehead atoms. The molecule has 1 aliphatic rings. The quantitative estimate of drug-likeness (QED) is 0.518. The summed E-state index contributed by atoms with van der Waals surface area (Å²) in [6, 6.07) is 19.7. The zero-order valence-corrected chi connectivity index (χ0v) is 18.4. The molecule has 1 aliphatic heterocycles. The standard InChI is InChI=1S/C23H18BrClN2O3/c1-14-23(29)27(13-16-4-2-3-5-19(16)25)20-12-18(10-11-21(20)30-14)26-22(28)15-6-8-17(24)9-7-15/h2-12,14H,13H2,1H3,(H,26,28). The van der Waals surface area contributed by atoms with E-state index in [0.29, 0.717) is 34.3 Å². The van der Waals surface area contributed by atoms with Crippen LogP contribution in [-0.4, -0.2) is 17.9 Å². The molecule has 7 heteroatoms. The van der Waals surface area contributed by atoms with E-state index in [1.165, 1.54) is 0 Å². The average molecular weight is 486 g/mol. The van der Waals surface area contributed by atoms with Crippen molar-refractivity contribution in [1.82, 2.24) is 0 Å². The molecular weight excluding hydrogens is 468 g/mol. The molecule has 1 unspecified atom stereocenters. The van der Waals surface area contributed by atoms with E-state index in [9.17, 15) is 9.59 Å². The van der Waals surface area contributed by atoms with Crippen LogP contribution in [0.15, 0.2) is 71.2 Å². The first-order valence-electron chi connectivity index (χ1n) is 9.35. The number of carbonyl (C=O) groups is 2. The highest BCUT2D eigenvalue weighted by atomic mass is 79.9. The number of ether oxygens (including phenoxy) is 1. The van der Waals surface area contributed by atoms with E-state index < -0.39 is 6.10 Å². The number of anilines is 2. The second-order valence-electron chi connectivity index (χ2n) is 6.92. The molecule has 0 spiro atoms. The predicted octanol–water partition coefficient (Wildman–Crippen LogP) is 5.67. The van der Waals surface area contributed by atoms with Gasteiger partial charge in [0.15, 0.2) is 6.10 Å². The van der Waals surface area contributed by atoms with Crippen molar-refractivity contribution in [2.75, 3.05) is 10.2 Å². The van der Waals surface area contributed by atoms with Gasteiger partial charge in [0.05, 0.1) is 12.2 Å². The molecular formula is C23H18BrClN2O3. The maximum Gasteiger partial charge on any atom is 0.268 e. The molecule has 1 heterocycles. The lowest BCUT2D eigenvalue weighted by molar-refractivity contribution is -0.125. The molecule has 1 atom stereocenters. The SMILES string of the molecule is CC1Oc2ccc(NC(=O)c3ccc(Br)cc3)cc2N(Cc2ccccc2Cl)C1=O. The molecule has 30 heavy (non-hydrogen) atoms. The largest absolute Gasteiger partial charge is 0.479 e. The number of hydrogen-bond donors (Lipinski definition) is 1. The number of nitrogens with zero attached hydrogens (tertiary/aromatic N) is 1. The molecule has 0 saturated heterocycles. The zero-order chi connectivity index (χ0) is 21.3. The molecule has 0 saturated carbocycles. The Hall–Kier alpha value is -2.83. The molecule has 2 amide bonds. The Bertz CT molecular complexity index is 1120. The third-order valence-corrected chi connectivity index (χ3v) is 5.72. The highest BCUT2D eigenvalue weighted by molar-refractivity contribution is 9.10. The van der Waals surface area contributed by atoms with Crippen LogP contribution in [0.4, 0.5) is 11.4 Å². The van der Waals surface area contributed by atoms with Crippen molar-refractivity contribution in [2.24, 2.45) is 0 Å². The minimum Gasteiger partial charge on any atom is -0.479 e. The van der Waals surface area contributed by atoms with Gasteiger partial charge in [-0.1, -0.05) is 45.7 Å². The van der Waals surface area contributed by atoms with Gasteiger partial charge in [-0.25, -0.2) is 0 Å². The van der Waals surface area contributed by atoms with Crippen LogP contribution in [0.1, 0.15) is 22.8 Å². The van der Waals surface area contributed by atoms with Crippen LogP contribution < -0.4 is 15.0 Å². The Morgan fingerprint density at radius 1 is 1.13 bits per heavy atom. The minimum absolute atomic E-state index is 0.168. The van der Waals surface area contributed by atoms with Crippen LogP contribution in [0.5, 0.6) is 5.75 Å². The van der Waals surface area contributed by atoms with Crippen LogP contribution in [0.3, 0.4) is 0 Å². The van der Waals surface area contributed by atoms with Crippen molar-refractivity contribution in [3.8, 4) is 5.75 Å². The van der Waals surface area contributed by atoms with E-state index in [0.717, 1.165) is 10.0 Å². The number of halogens is 2. The van der Waals surface area contributed by atoms with Crippen molar-refractivity contribution >= 4 is 50.7 Å². The highest BCUT2D eigenvalue weighted by Crippen LogP contribution is 2.38. The van der Waals surface area contributed by atoms with Gasteiger partial charge >= 0.3 is 0 Å². The van der Waals surface area contributed by atoms with Crippen molar-refractivity contribution < 1.29 is 14.3 Å². The van der Waals surface area contributed by atoms with Crippen LogP contribution in [0.2, 0.25) is 5.02 Å². The molecule has 0 aliphatic carbocycles. The van der Waals surface area contributed by atoms with Crippen LogP contribution in [0.25, 0.3) is 0 Å². The molecule has 0 radical (unpaired) electrons. The Morgan fingerprint density at radius 3 is 2.60 bits per heavy atom. The first-order chi connectivity index (χ1) is 14.4. The van der Waals surface area contributed by atoms with E-state index in [4.69, 9.17) is 16.3 Å². The first kappa shape index (κ1) is 20.4. The van der Waals surface area contributed by atoms with Crippen molar-refractivity contribution in [1.29, 1.82) is 0 Å². The fourth-order valence-electron chi connectivity index (χ4n) is 3.25. The van der Waals surface area contributed by atoms with Crippen LogP contribution in [0, 0.1) is 0 Å². The second kappa shape index (κ2) is 8.50. The van der Waals surface area contributed by atoms with E-state index in [-0.39, 0.29) is 11.8 Å². The number of nitrogens with one attached hydrogen (secondary N) is 1. The molecule has 1 N–H and O–H groups in total.